The van der Waals surface area contributed by atoms with Gasteiger partial charge < -0.3 is 4.74 Å². The molecule has 19 heavy (non-hydrogen) atoms. The van der Waals surface area contributed by atoms with Gasteiger partial charge in [0, 0.05) is 24.4 Å². The van der Waals surface area contributed by atoms with Gasteiger partial charge in [-0.15, -0.1) is 0 Å². The van der Waals surface area contributed by atoms with Crippen LogP contribution in [0.15, 0.2) is 12.4 Å². The fraction of sp³-hybridized carbons (Fsp3) is 0.533. The van der Waals surface area contributed by atoms with Crippen LogP contribution in [0, 0.1) is 11.3 Å². The molecule has 100 valence electrons. The first-order valence-electron chi connectivity index (χ1n) is 6.58. The number of fused-ring (bicyclic) bond motifs is 3. The summed E-state index contributed by atoms with van der Waals surface area (Å²) in [4.78, 5) is 28.1. The monoisotopic (exact) mass is 259 g/mol. The van der Waals surface area contributed by atoms with E-state index in [2.05, 4.69) is 18.8 Å². The lowest BCUT2D eigenvalue weighted by atomic mass is 9.92. The Morgan fingerprint density at radius 1 is 1.42 bits per heavy atom. The molecular formula is C15H17NO3. The van der Waals surface area contributed by atoms with E-state index >= 15 is 0 Å². The molecule has 0 N–H and O–H groups in total. The van der Waals surface area contributed by atoms with E-state index in [1.54, 1.807) is 6.20 Å². The van der Waals surface area contributed by atoms with Gasteiger partial charge in [0.1, 0.15) is 0 Å². The maximum absolute atomic E-state index is 12.2. The van der Waals surface area contributed by atoms with Crippen molar-refractivity contribution >= 4 is 11.8 Å². The lowest BCUT2D eigenvalue weighted by Gasteiger charge is -2.13. The zero-order chi connectivity index (χ0) is 13.8. The molecule has 0 unspecified atom stereocenters. The Bertz CT molecular complexity index is 577. The second kappa shape index (κ2) is 3.89. The maximum Gasteiger partial charge on any atom is 0.339 e. The minimum absolute atomic E-state index is 0.0938. The number of hydrogen-bond donors (Lipinski definition) is 0. The van der Waals surface area contributed by atoms with Crippen molar-refractivity contribution in [3.05, 3.63) is 29.1 Å². The highest BCUT2D eigenvalue weighted by atomic mass is 16.5. The number of carbonyl (C=O) groups is 2. The molecule has 4 nitrogen and oxygen atoms in total. The topological polar surface area (TPSA) is 56.3 Å². The van der Waals surface area contributed by atoms with Gasteiger partial charge in [-0.25, -0.2) is 4.79 Å². The molecule has 0 radical (unpaired) electrons. The fourth-order valence-electron chi connectivity index (χ4n) is 3.58. The first-order valence-corrected chi connectivity index (χ1v) is 6.58. The van der Waals surface area contributed by atoms with Crippen molar-refractivity contribution in [3.63, 3.8) is 0 Å². The number of methoxy groups -OCH3 is 1. The van der Waals surface area contributed by atoms with Gasteiger partial charge in [-0.2, -0.15) is 0 Å². The molecule has 1 aromatic heterocycles. The van der Waals surface area contributed by atoms with Crippen LogP contribution in [0.25, 0.3) is 0 Å². The highest BCUT2D eigenvalue weighted by Gasteiger charge is 2.60. The zero-order valence-corrected chi connectivity index (χ0v) is 11.4. The van der Waals surface area contributed by atoms with Crippen LogP contribution >= 0.6 is 0 Å². The third kappa shape index (κ3) is 1.62. The minimum Gasteiger partial charge on any atom is -0.465 e. The van der Waals surface area contributed by atoms with Gasteiger partial charge in [0.15, 0.2) is 5.78 Å². The van der Waals surface area contributed by atoms with Crippen LogP contribution in [0.3, 0.4) is 0 Å². The number of ether oxygens (including phenoxy) is 1. The summed E-state index contributed by atoms with van der Waals surface area (Å²) in [5.74, 6) is 0.436. The smallest absolute Gasteiger partial charge is 0.339 e. The Kier molecular flexibility index (Phi) is 2.52. The third-order valence-electron chi connectivity index (χ3n) is 4.74. The summed E-state index contributed by atoms with van der Waals surface area (Å²) in [7, 11) is 1.36. The van der Waals surface area contributed by atoms with Gasteiger partial charge in [0.05, 0.1) is 12.7 Å². The van der Waals surface area contributed by atoms with Crippen molar-refractivity contribution in [3.8, 4) is 0 Å². The predicted octanol–water partition coefficient (Wildman–Crippen LogP) is 2.58. The van der Waals surface area contributed by atoms with E-state index in [0.717, 1.165) is 12.0 Å². The van der Waals surface area contributed by atoms with Crippen LogP contribution in [-0.4, -0.2) is 23.8 Å². The van der Waals surface area contributed by atoms with Crippen LogP contribution in [0.4, 0.5) is 0 Å². The highest BCUT2D eigenvalue weighted by molar-refractivity contribution is 6.02. The summed E-state index contributed by atoms with van der Waals surface area (Å²) in [5, 5.41) is 0. The number of esters is 1. The number of ketones is 1. The second-order valence-corrected chi connectivity index (χ2v) is 6.01. The molecule has 2 aliphatic rings. The van der Waals surface area contributed by atoms with Gasteiger partial charge in [-0.1, -0.05) is 13.8 Å². The van der Waals surface area contributed by atoms with Crippen LogP contribution < -0.4 is 0 Å². The molecule has 3 rings (SSSR count). The SMILES string of the molecule is COC(=O)c1cncc2c1[C@H]1[C@@H](CCC2=O)C1(C)C. The van der Waals surface area contributed by atoms with Crippen molar-refractivity contribution in [2.75, 3.05) is 7.11 Å². The van der Waals surface area contributed by atoms with Crippen LogP contribution in [-0.2, 0) is 4.74 Å². The molecule has 2 aliphatic carbocycles. The molecule has 1 aromatic rings. The number of pyridine rings is 1. The second-order valence-electron chi connectivity index (χ2n) is 6.01. The Labute approximate surface area is 112 Å². The molecular weight excluding hydrogens is 242 g/mol. The van der Waals surface area contributed by atoms with Gasteiger partial charge in [0.25, 0.3) is 0 Å². The van der Waals surface area contributed by atoms with E-state index in [1.165, 1.54) is 13.3 Å². The van der Waals surface area contributed by atoms with Gasteiger partial charge >= 0.3 is 5.97 Å². The molecule has 1 saturated carbocycles. The van der Waals surface area contributed by atoms with Crippen LogP contribution in [0.2, 0.25) is 0 Å². The van der Waals surface area contributed by atoms with Gasteiger partial charge in [-0.3, -0.25) is 9.78 Å². The van der Waals surface area contributed by atoms with E-state index < -0.39 is 5.97 Å². The lowest BCUT2D eigenvalue weighted by molar-refractivity contribution is 0.0598. The minimum atomic E-state index is -0.402. The average Bonchev–Trinajstić information content (AvgIpc) is 2.99. The van der Waals surface area contributed by atoms with Crippen molar-refractivity contribution in [1.82, 2.24) is 4.98 Å². The molecule has 1 heterocycles. The maximum atomic E-state index is 12.2. The highest BCUT2D eigenvalue weighted by Crippen LogP contribution is 2.68. The Morgan fingerprint density at radius 2 is 2.16 bits per heavy atom. The molecule has 0 spiro atoms. The van der Waals surface area contributed by atoms with Crippen molar-refractivity contribution in [1.29, 1.82) is 0 Å². The molecule has 0 saturated heterocycles. The van der Waals surface area contributed by atoms with Crippen LogP contribution in [0.5, 0.6) is 0 Å². The molecule has 0 aromatic carbocycles. The number of carbonyl (C=O) groups excluding carboxylic acids is 2. The normalized spacial score (nSPS) is 27.0. The van der Waals surface area contributed by atoms with E-state index in [1.807, 2.05) is 0 Å². The molecule has 4 heteroatoms. The molecule has 0 amide bonds. The van der Waals surface area contributed by atoms with Crippen molar-refractivity contribution in [2.24, 2.45) is 11.3 Å². The zero-order valence-electron chi connectivity index (χ0n) is 11.4. The first-order chi connectivity index (χ1) is 8.98. The average molecular weight is 259 g/mol. The Hall–Kier alpha value is -1.71. The summed E-state index contributed by atoms with van der Waals surface area (Å²) in [5.41, 5.74) is 2.08. The van der Waals surface area contributed by atoms with Crippen LogP contribution in [0.1, 0.15) is 58.9 Å². The summed E-state index contributed by atoms with van der Waals surface area (Å²) in [6.45, 7) is 4.40. The van der Waals surface area contributed by atoms with E-state index in [-0.39, 0.29) is 17.1 Å². The number of aromatic nitrogens is 1. The van der Waals surface area contributed by atoms with Gasteiger partial charge in [-0.05, 0) is 29.2 Å². The van der Waals surface area contributed by atoms with E-state index in [4.69, 9.17) is 4.74 Å². The number of nitrogens with zero attached hydrogens (tertiary/aromatic N) is 1. The first kappa shape index (κ1) is 12.3. The fourth-order valence-corrected chi connectivity index (χ4v) is 3.58. The molecule has 0 bridgehead atoms. The standard InChI is InChI=1S/C15H17NO3/c1-15(2)10-4-5-11(17)8-6-16-7-9(14(18)19-3)12(8)13(10)15/h6-7,10,13H,4-5H2,1-3H3/t10-,13-/m1/s1. The molecule has 0 aliphatic heterocycles. The number of hydrogen-bond acceptors (Lipinski definition) is 4. The van der Waals surface area contributed by atoms with Crippen molar-refractivity contribution in [2.45, 2.75) is 32.6 Å². The lowest BCUT2D eigenvalue weighted by Crippen LogP contribution is -2.13. The third-order valence-corrected chi connectivity index (χ3v) is 4.74. The Morgan fingerprint density at radius 3 is 2.84 bits per heavy atom. The number of Topliss-reactive ketones (excluding diaryl/α,β-unsaturated/α-hetero) is 1. The summed E-state index contributed by atoms with van der Waals surface area (Å²) in [6.07, 6.45) is 4.56. The summed E-state index contributed by atoms with van der Waals surface area (Å²) >= 11 is 0. The van der Waals surface area contributed by atoms with E-state index in [0.29, 0.717) is 23.5 Å². The molecule has 1 fully saturated rings. The number of rotatable bonds is 1. The molecule has 2 atom stereocenters. The largest absolute Gasteiger partial charge is 0.465 e. The predicted molar refractivity (Wildman–Crippen MR) is 69.2 cm³/mol. The Balaban J connectivity index is 2.20. The summed E-state index contributed by atoms with van der Waals surface area (Å²) < 4.78 is 4.82. The van der Waals surface area contributed by atoms with E-state index in [9.17, 15) is 9.59 Å². The van der Waals surface area contributed by atoms with Gasteiger partial charge in [0.2, 0.25) is 0 Å². The van der Waals surface area contributed by atoms with Crippen molar-refractivity contribution < 1.29 is 14.3 Å². The quantitative estimate of drug-likeness (QED) is 0.727. The summed E-state index contributed by atoms with van der Waals surface area (Å²) in [6, 6.07) is 0.